The van der Waals surface area contributed by atoms with Crippen molar-refractivity contribution < 1.29 is 9.90 Å². The molecule has 0 aliphatic carbocycles. The van der Waals surface area contributed by atoms with Crippen LogP contribution in [0, 0.1) is 18.3 Å². The summed E-state index contributed by atoms with van der Waals surface area (Å²) in [4.78, 5) is 13.2. The quantitative estimate of drug-likeness (QED) is 0.634. The molecule has 0 aromatic rings. The van der Waals surface area contributed by atoms with Gasteiger partial charge >= 0.3 is 0 Å². The topological polar surface area (TPSA) is 40.5 Å². The summed E-state index contributed by atoms with van der Waals surface area (Å²) < 4.78 is 0. The van der Waals surface area contributed by atoms with Gasteiger partial charge in [0.15, 0.2) is 0 Å². The van der Waals surface area contributed by atoms with Crippen LogP contribution >= 0.6 is 0 Å². The molecule has 13 heavy (non-hydrogen) atoms. The van der Waals surface area contributed by atoms with Crippen molar-refractivity contribution in [3.8, 4) is 12.3 Å². The fourth-order valence-corrected chi connectivity index (χ4v) is 1.55. The zero-order valence-corrected chi connectivity index (χ0v) is 7.70. The Balaban J connectivity index is 2.30. The lowest BCUT2D eigenvalue weighted by Crippen LogP contribution is -2.28. The molecule has 1 atom stereocenters. The van der Waals surface area contributed by atoms with Gasteiger partial charge < -0.3 is 10.0 Å². The highest BCUT2D eigenvalue weighted by atomic mass is 16.3. The van der Waals surface area contributed by atoms with Gasteiger partial charge in [0, 0.05) is 38.5 Å². The molecule has 0 aromatic carbocycles. The first-order valence-electron chi connectivity index (χ1n) is 4.60. The van der Waals surface area contributed by atoms with Crippen LogP contribution in [0.2, 0.25) is 0 Å². The predicted octanol–water partition coefficient (Wildman–Crippen LogP) is 0.241. The number of amides is 1. The average Bonchev–Trinajstić information content (AvgIpc) is 2.62. The Labute approximate surface area is 78.7 Å². The number of hydrogen-bond donors (Lipinski definition) is 1. The number of terminal acetylenes is 1. The number of likely N-dealkylation sites (tertiary alicyclic amines) is 1. The number of rotatable bonds is 3. The highest BCUT2D eigenvalue weighted by Crippen LogP contribution is 2.16. The normalized spacial score (nSPS) is 21.5. The molecule has 1 saturated heterocycles. The molecule has 1 heterocycles. The maximum Gasteiger partial charge on any atom is 0.223 e. The van der Waals surface area contributed by atoms with Gasteiger partial charge in [0.25, 0.3) is 0 Å². The molecule has 1 rings (SSSR count). The maximum atomic E-state index is 11.4. The van der Waals surface area contributed by atoms with Gasteiger partial charge in [0.05, 0.1) is 0 Å². The minimum atomic E-state index is 0.119. The first kappa shape index (κ1) is 10.1. The fraction of sp³-hybridized carbons (Fsp3) is 0.700. The minimum Gasteiger partial charge on any atom is -0.396 e. The van der Waals surface area contributed by atoms with E-state index in [-0.39, 0.29) is 18.4 Å². The Bertz CT molecular complexity index is 219. The minimum absolute atomic E-state index is 0.119. The Morgan fingerprint density at radius 2 is 2.46 bits per heavy atom. The van der Waals surface area contributed by atoms with Crippen molar-refractivity contribution in [2.75, 3.05) is 19.7 Å². The summed E-state index contributed by atoms with van der Waals surface area (Å²) >= 11 is 0. The third kappa shape index (κ3) is 2.74. The van der Waals surface area contributed by atoms with Crippen molar-refractivity contribution in [3.63, 3.8) is 0 Å². The molecule has 1 unspecified atom stereocenters. The monoisotopic (exact) mass is 181 g/mol. The van der Waals surface area contributed by atoms with Gasteiger partial charge in [-0.3, -0.25) is 4.79 Å². The van der Waals surface area contributed by atoms with Gasteiger partial charge in [-0.2, -0.15) is 0 Å². The second-order valence-electron chi connectivity index (χ2n) is 3.38. The van der Waals surface area contributed by atoms with E-state index in [2.05, 4.69) is 5.92 Å². The van der Waals surface area contributed by atoms with E-state index in [1.54, 1.807) is 4.90 Å². The van der Waals surface area contributed by atoms with Crippen LogP contribution in [0.4, 0.5) is 0 Å². The smallest absolute Gasteiger partial charge is 0.223 e. The molecule has 1 fully saturated rings. The average molecular weight is 181 g/mol. The molecule has 1 aliphatic heterocycles. The van der Waals surface area contributed by atoms with Gasteiger partial charge in [0.2, 0.25) is 5.91 Å². The molecule has 0 bridgehead atoms. The van der Waals surface area contributed by atoms with E-state index in [0.717, 1.165) is 13.0 Å². The summed E-state index contributed by atoms with van der Waals surface area (Å²) in [5.74, 6) is 2.84. The molecule has 1 N–H and O–H groups in total. The summed E-state index contributed by atoms with van der Waals surface area (Å²) in [6.45, 7) is 1.65. The Morgan fingerprint density at radius 1 is 1.69 bits per heavy atom. The fourth-order valence-electron chi connectivity index (χ4n) is 1.55. The summed E-state index contributed by atoms with van der Waals surface area (Å²) in [6, 6.07) is 0. The molecule has 3 nitrogen and oxygen atoms in total. The summed E-state index contributed by atoms with van der Waals surface area (Å²) in [7, 11) is 0. The van der Waals surface area contributed by atoms with Gasteiger partial charge in [-0.15, -0.1) is 12.3 Å². The first-order chi connectivity index (χ1) is 6.27. The number of aliphatic hydroxyl groups excluding tert-OH is 1. The first-order valence-corrected chi connectivity index (χ1v) is 4.60. The van der Waals surface area contributed by atoms with Gasteiger partial charge in [-0.1, -0.05) is 0 Å². The van der Waals surface area contributed by atoms with Crippen molar-refractivity contribution in [1.82, 2.24) is 4.90 Å². The molecular weight excluding hydrogens is 166 g/mol. The van der Waals surface area contributed by atoms with Crippen LogP contribution in [0.25, 0.3) is 0 Å². The SMILES string of the molecule is C#CCCC(=O)N1CCC(CO)C1. The largest absolute Gasteiger partial charge is 0.396 e. The number of carbonyl (C=O) groups is 1. The molecule has 0 aromatic heterocycles. The predicted molar refractivity (Wildman–Crippen MR) is 49.8 cm³/mol. The molecule has 3 heteroatoms. The van der Waals surface area contributed by atoms with Crippen molar-refractivity contribution in [2.45, 2.75) is 19.3 Å². The van der Waals surface area contributed by atoms with Crippen molar-refractivity contribution in [2.24, 2.45) is 5.92 Å². The molecule has 0 radical (unpaired) electrons. The summed E-state index contributed by atoms with van der Waals surface area (Å²) in [6.07, 6.45) is 6.94. The van der Waals surface area contributed by atoms with Crippen LogP contribution < -0.4 is 0 Å². The molecule has 0 saturated carbocycles. The Kier molecular flexibility index (Phi) is 3.78. The van der Waals surface area contributed by atoms with Gasteiger partial charge in [-0.05, 0) is 6.42 Å². The molecule has 72 valence electrons. The van der Waals surface area contributed by atoms with Crippen molar-refractivity contribution >= 4 is 5.91 Å². The Morgan fingerprint density at radius 3 is 3.00 bits per heavy atom. The van der Waals surface area contributed by atoms with E-state index in [1.165, 1.54) is 0 Å². The van der Waals surface area contributed by atoms with E-state index in [4.69, 9.17) is 11.5 Å². The van der Waals surface area contributed by atoms with Crippen LogP contribution in [0.1, 0.15) is 19.3 Å². The van der Waals surface area contributed by atoms with Crippen molar-refractivity contribution in [1.29, 1.82) is 0 Å². The second kappa shape index (κ2) is 4.88. The number of hydrogen-bond acceptors (Lipinski definition) is 2. The number of aliphatic hydroxyl groups is 1. The third-order valence-corrected chi connectivity index (χ3v) is 2.38. The number of carbonyl (C=O) groups excluding carboxylic acids is 1. The third-order valence-electron chi connectivity index (χ3n) is 2.38. The van der Waals surface area contributed by atoms with Gasteiger partial charge in [-0.25, -0.2) is 0 Å². The van der Waals surface area contributed by atoms with E-state index in [9.17, 15) is 4.79 Å². The van der Waals surface area contributed by atoms with E-state index in [1.807, 2.05) is 0 Å². The Hall–Kier alpha value is -1.01. The van der Waals surface area contributed by atoms with Crippen LogP contribution in [-0.2, 0) is 4.79 Å². The highest BCUT2D eigenvalue weighted by Gasteiger charge is 2.24. The van der Waals surface area contributed by atoms with Crippen molar-refractivity contribution in [3.05, 3.63) is 0 Å². The zero-order valence-electron chi connectivity index (χ0n) is 7.70. The standard InChI is InChI=1S/C10H15NO2/c1-2-3-4-10(13)11-6-5-9(7-11)8-12/h1,9,12H,3-8H2. The van der Waals surface area contributed by atoms with E-state index < -0.39 is 0 Å². The molecule has 1 amide bonds. The van der Waals surface area contributed by atoms with Crippen LogP contribution in [0.5, 0.6) is 0 Å². The molecule has 0 spiro atoms. The van der Waals surface area contributed by atoms with Crippen LogP contribution in [0.15, 0.2) is 0 Å². The van der Waals surface area contributed by atoms with E-state index >= 15 is 0 Å². The summed E-state index contributed by atoms with van der Waals surface area (Å²) in [5, 5.41) is 8.87. The molecule has 1 aliphatic rings. The summed E-state index contributed by atoms with van der Waals surface area (Å²) in [5.41, 5.74) is 0. The molecular formula is C10H15NO2. The van der Waals surface area contributed by atoms with Gasteiger partial charge in [0.1, 0.15) is 0 Å². The van der Waals surface area contributed by atoms with E-state index in [0.29, 0.717) is 19.4 Å². The highest BCUT2D eigenvalue weighted by molar-refractivity contribution is 5.76. The maximum absolute atomic E-state index is 11.4. The second-order valence-corrected chi connectivity index (χ2v) is 3.38. The lowest BCUT2D eigenvalue weighted by Gasteiger charge is -2.15. The lowest BCUT2D eigenvalue weighted by atomic mass is 10.1. The van der Waals surface area contributed by atoms with Crippen LogP contribution in [-0.4, -0.2) is 35.6 Å². The zero-order chi connectivity index (χ0) is 9.68. The lowest BCUT2D eigenvalue weighted by molar-refractivity contribution is -0.130. The van der Waals surface area contributed by atoms with Crippen LogP contribution in [0.3, 0.4) is 0 Å². The number of nitrogens with zero attached hydrogens (tertiary/aromatic N) is 1.